The molecule has 1 unspecified atom stereocenters. The number of carbonyl (C=O) groups excluding carboxylic acids is 1. The Bertz CT molecular complexity index is 794. The molecule has 120 valence electrons. The average Bonchev–Trinajstić information content (AvgIpc) is 3.37. The van der Waals surface area contributed by atoms with Crippen LogP contribution in [0.2, 0.25) is 0 Å². The molecule has 2 aromatic carbocycles. The van der Waals surface area contributed by atoms with Gasteiger partial charge < -0.3 is 5.32 Å². The molecule has 1 saturated carbocycles. The molecule has 1 aliphatic rings. The van der Waals surface area contributed by atoms with Crippen LogP contribution < -0.4 is 5.32 Å². The molecular weight excluding hydrogens is 310 g/mol. The molecular formula is C18H19NO3S. The first kappa shape index (κ1) is 15.7. The van der Waals surface area contributed by atoms with E-state index >= 15 is 0 Å². The van der Waals surface area contributed by atoms with E-state index in [2.05, 4.69) is 5.32 Å². The Balaban J connectivity index is 1.77. The molecule has 1 atom stereocenters. The molecule has 0 saturated heterocycles. The molecule has 4 nitrogen and oxygen atoms in total. The SMILES string of the molecule is CS(=O)(=O)c1ccc(C(=O)NC(c2ccccc2)C2CC2)cc1. The number of sulfone groups is 1. The maximum atomic E-state index is 12.5. The third-order valence-electron chi connectivity index (χ3n) is 4.08. The third-order valence-corrected chi connectivity index (χ3v) is 5.21. The first-order valence-electron chi connectivity index (χ1n) is 7.61. The lowest BCUT2D eigenvalue weighted by atomic mass is 10.0. The van der Waals surface area contributed by atoms with Crippen molar-refractivity contribution in [3.8, 4) is 0 Å². The lowest BCUT2D eigenvalue weighted by Gasteiger charge is -2.19. The molecule has 1 fully saturated rings. The Hall–Kier alpha value is -2.14. The summed E-state index contributed by atoms with van der Waals surface area (Å²) in [6.45, 7) is 0. The van der Waals surface area contributed by atoms with Gasteiger partial charge in [0.15, 0.2) is 9.84 Å². The number of benzene rings is 2. The molecule has 0 aromatic heterocycles. The van der Waals surface area contributed by atoms with Crippen molar-refractivity contribution in [3.05, 3.63) is 65.7 Å². The van der Waals surface area contributed by atoms with Crippen LogP contribution in [0.4, 0.5) is 0 Å². The van der Waals surface area contributed by atoms with Crippen molar-refractivity contribution in [2.24, 2.45) is 5.92 Å². The topological polar surface area (TPSA) is 63.2 Å². The summed E-state index contributed by atoms with van der Waals surface area (Å²) in [7, 11) is -3.25. The van der Waals surface area contributed by atoms with Crippen molar-refractivity contribution < 1.29 is 13.2 Å². The highest BCUT2D eigenvalue weighted by atomic mass is 32.2. The summed E-state index contributed by atoms with van der Waals surface area (Å²) in [5.41, 5.74) is 1.58. The molecule has 1 aliphatic carbocycles. The molecule has 0 heterocycles. The molecule has 5 heteroatoms. The Morgan fingerprint density at radius 2 is 1.65 bits per heavy atom. The third kappa shape index (κ3) is 3.79. The van der Waals surface area contributed by atoms with Gasteiger partial charge in [0.2, 0.25) is 0 Å². The van der Waals surface area contributed by atoms with Crippen molar-refractivity contribution in [1.82, 2.24) is 5.32 Å². The van der Waals surface area contributed by atoms with Gasteiger partial charge in [0.05, 0.1) is 10.9 Å². The van der Waals surface area contributed by atoms with Gasteiger partial charge in [0.25, 0.3) is 5.91 Å². The lowest BCUT2D eigenvalue weighted by molar-refractivity contribution is 0.0931. The second-order valence-electron chi connectivity index (χ2n) is 6.00. The summed E-state index contributed by atoms with van der Waals surface area (Å²) in [5, 5.41) is 3.08. The normalized spacial score (nSPS) is 15.9. The summed E-state index contributed by atoms with van der Waals surface area (Å²) in [6.07, 6.45) is 3.39. The maximum absolute atomic E-state index is 12.5. The Morgan fingerprint density at radius 3 is 2.17 bits per heavy atom. The van der Waals surface area contributed by atoms with Crippen molar-refractivity contribution in [1.29, 1.82) is 0 Å². The van der Waals surface area contributed by atoms with E-state index in [9.17, 15) is 13.2 Å². The van der Waals surface area contributed by atoms with Crippen molar-refractivity contribution >= 4 is 15.7 Å². The maximum Gasteiger partial charge on any atom is 0.251 e. The fourth-order valence-corrected chi connectivity index (χ4v) is 3.27. The standard InChI is InChI=1S/C18H19NO3S/c1-23(21,22)16-11-9-15(10-12-16)18(20)19-17(14-7-8-14)13-5-3-2-4-6-13/h2-6,9-12,14,17H,7-8H2,1H3,(H,19,20). The Labute approximate surface area is 136 Å². The number of hydrogen-bond acceptors (Lipinski definition) is 3. The summed E-state index contributed by atoms with van der Waals surface area (Å²) in [5.74, 6) is 0.308. The lowest BCUT2D eigenvalue weighted by Crippen LogP contribution is -2.29. The van der Waals surface area contributed by atoms with E-state index in [4.69, 9.17) is 0 Å². The fraction of sp³-hybridized carbons (Fsp3) is 0.278. The van der Waals surface area contributed by atoms with Crippen LogP contribution in [0.25, 0.3) is 0 Å². The fourth-order valence-electron chi connectivity index (χ4n) is 2.64. The van der Waals surface area contributed by atoms with Crippen molar-refractivity contribution in [2.75, 3.05) is 6.26 Å². The zero-order valence-electron chi connectivity index (χ0n) is 12.9. The summed E-state index contributed by atoms with van der Waals surface area (Å²) in [4.78, 5) is 12.7. The summed E-state index contributed by atoms with van der Waals surface area (Å²) < 4.78 is 22.9. The molecule has 0 radical (unpaired) electrons. The van der Waals surface area contributed by atoms with Gasteiger partial charge in [-0.15, -0.1) is 0 Å². The van der Waals surface area contributed by atoms with E-state index in [0.29, 0.717) is 11.5 Å². The quantitative estimate of drug-likeness (QED) is 0.917. The molecule has 0 bridgehead atoms. The number of amides is 1. The predicted octanol–water partition coefficient (Wildman–Crippen LogP) is 2.97. The minimum atomic E-state index is -3.25. The van der Waals surface area contributed by atoms with Gasteiger partial charge in [-0.05, 0) is 48.6 Å². The monoisotopic (exact) mass is 329 g/mol. The molecule has 1 N–H and O–H groups in total. The molecule has 0 aliphatic heterocycles. The van der Waals surface area contributed by atoms with Crippen LogP contribution in [0.3, 0.4) is 0 Å². The zero-order chi connectivity index (χ0) is 16.4. The van der Waals surface area contributed by atoms with Gasteiger partial charge in [0.1, 0.15) is 0 Å². The van der Waals surface area contributed by atoms with E-state index in [1.807, 2.05) is 30.3 Å². The van der Waals surface area contributed by atoms with Crippen molar-refractivity contribution in [2.45, 2.75) is 23.8 Å². The van der Waals surface area contributed by atoms with Gasteiger partial charge in [-0.2, -0.15) is 0 Å². The second-order valence-corrected chi connectivity index (χ2v) is 8.01. The number of hydrogen-bond donors (Lipinski definition) is 1. The molecule has 3 rings (SSSR count). The van der Waals surface area contributed by atoms with Gasteiger partial charge in [-0.3, -0.25) is 4.79 Å². The molecule has 23 heavy (non-hydrogen) atoms. The average molecular weight is 329 g/mol. The van der Waals surface area contributed by atoms with E-state index < -0.39 is 9.84 Å². The van der Waals surface area contributed by atoms with Crippen molar-refractivity contribution in [3.63, 3.8) is 0 Å². The van der Waals surface area contributed by atoms with Gasteiger partial charge in [-0.25, -0.2) is 8.42 Å². The van der Waals surface area contributed by atoms with Crippen LogP contribution in [-0.4, -0.2) is 20.6 Å². The number of nitrogens with one attached hydrogen (secondary N) is 1. The first-order valence-corrected chi connectivity index (χ1v) is 9.50. The van der Waals surface area contributed by atoms with E-state index in [-0.39, 0.29) is 16.8 Å². The predicted molar refractivity (Wildman–Crippen MR) is 88.9 cm³/mol. The van der Waals surface area contributed by atoms with Crippen LogP contribution in [0, 0.1) is 5.92 Å². The summed E-state index contributed by atoms with van der Waals surface area (Å²) in [6, 6.07) is 16.0. The van der Waals surface area contributed by atoms with Crippen LogP contribution in [0.5, 0.6) is 0 Å². The van der Waals surface area contributed by atoms with E-state index in [1.165, 1.54) is 12.1 Å². The van der Waals surface area contributed by atoms with Crippen LogP contribution in [-0.2, 0) is 9.84 Å². The van der Waals surface area contributed by atoms with Gasteiger partial charge in [0, 0.05) is 11.8 Å². The summed E-state index contributed by atoms with van der Waals surface area (Å²) >= 11 is 0. The van der Waals surface area contributed by atoms with Crippen LogP contribution >= 0.6 is 0 Å². The first-order chi connectivity index (χ1) is 10.9. The van der Waals surface area contributed by atoms with Gasteiger partial charge in [-0.1, -0.05) is 30.3 Å². The number of carbonyl (C=O) groups is 1. The highest BCUT2D eigenvalue weighted by molar-refractivity contribution is 7.90. The van der Waals surface area contributed by atoms with E-state index in [1.54, 1.807) is 12.1 Å². The molecule has 0 spiro atoms. The largest absolute Gasteiger partial charge is 0.345 e. The minimum Gasteiger partial charge on any atom is -0.345 e. The molecule has 1 amide bonds. The Kier molecular flexibility index (Phi) is 4.22. The highest BCUT2D eigenvalue weighted by Crippen LogP contribution is 2.41. The minimum absolute atomic E-state index is 0.0123. The zero-order valence-corrected chi connectivity index (χ0v) is 13.7. The van der Waals surface area contributed by atoms with Crippen LogP contribution in [0.15, 0.2) is 59.5 Å². The van der Waals surface area contributed by atoms with Crippen LogP contribution in [0.1, 0.15) is 34.8 Å². The molecule has 2 aromatic rings. The Morgan fingerprint density at radius 1 is 1.04 bits per heavy atom. The smallest absolute Gasteiger partial charge is 0.251 e. The number of rotatable bonds is 5. The van der Waals surface area contributed by atoms with Gasteiger partial charge >= 0.3 is 0 Å². The second kappa shape index (κ2) is 6.16. The highest BCUT2D eigenvalue weighted by Gasteiger charge is 2.33. The van der Waals surface area contributed by atoms with E-state index in [0.717, 1.165) is 24.7 Å².